The smallest absolute Gasteiger partial charge is 0.411 e. The van der Waals surface area contributed by atoms with E-state index >= 15 is 0 Å². The molecule has 1 aliphatic carbocycles. The number of carbonyl (C=O) groups is 2. The van der Waals surface area contributed by atoms with Crippen LogP contribution in [0, 0.1) is 11.8 Å². The van der Waals surface area contributed by atoms with E-state index in [4.69, 9.17) is 9.84 Å². The lowest BCUT2D eigenvalue weighted by molar-refractivity contribution is -0.138. The van der Waals surface area contributed by atoms with Crippen LogP contribution in [0.15, 0.2) is 12.3 Å². The van der Waals surface area contributed by atoms with Crippen molar-refractivity contribution in [2.24, 2.45) is 11.8 Å². The summed E-state index contributed by atoms with van der Waals surface area (Å²) in [7, 11) is 0. The summed E-state index contributed by atoms with van der Waals surface area (Å²) in [5.41, 5.74) is -0.527. The molecular formula is C11H17NO4. The van der Waals surface area contributed by atoms with Gasteiger partial charge >= 0.3 is 12.1 Å². The van der Waals surface area contributed by atoms with Crippen LogP contribution in [0.3, 0.4) is 0 Å². The third-order valence-corrected chi connectivity index (χ3v) is 2.10. The van der Waals surface area contributed by atoms with E-state index in [2.05, 4.69) is 5.32 Å². The van der Waals surface area contributed by atoms with Gasteiger partial charge < -0.3 is 9.84 Å². The van der Waals surface area contributed by atoms with Crippen molar-refractivity contribution in [3.05, 3.63) is 12.3 Å². The van der Waals surface area contributed by atoms with Gasteiger partial charge in [0.05, 0.1) is 5.92 Å². The molecule has 0 aromatic rings. The van der Waals surface area contributed by atoms with Crippen LogP contribution in [0.2, 0.25) is 0 Å². The quantitative estimate of drug-likeness (QED) is 0.770. The van der Waals surface area contributed by atoms with E-state index in [1.54, 1.807) is 26.8 Å². The number of rotatable bonds is 3. The minimum absolute atomic E-state index is 0.0347. The number of hydrogen-bond donors (Lipinski definition) is 2. The first-order chi connectivity index (χ1) is 7.29. The first kappa shape index (κ1) is 12.5. The van der Waals surface area contributed by atoms with Gasteiger partial charge in [-0.2, -0.15) is 0 Å². The number of aliphatic carboxylic acids is 1. The molecule has 2 atom stereocenters. The highest BCUT2D eigenvalue weighted by Crippen LogP contribution is 2.39. The highest BCUT2D eigenvalue weighted by Gasteiger charge is 2.41. The molecule has 0 spiro atoms. The molecule has 16 heavy (non-hydrogen) atoms. The zero-order valence-electron chi connectivity index (χ0n) is 9.69. The molecule has 1 saturated carbocycles. The molecule has 2 N–H and O–H groups in total. The Morgan fingerprint density at radius 2 is 2.06 bits per heavy atom. The normalized spacial score (nSPS) is 24.2. The third kappa shape index (κ3) is 4.33. The topological polar surface area (TPSA) is 75.6 Å². The Morgan fingerprint density at radius 1 is 1.44 bits per heavy atom. The van der Waals surface area contributed by atoms with Crippen molar-refractivity contribution in [3.63, 3.8) is 0 Å². The summed E-state index contributed by atoms with van der Waals surface area (Å²) in [6.07, 6.45) is 3.24. The summed E-state index contributed by atoms with van der Waals surface area (Å²) in [6.45, 7) is 5.33. The Hall–Kier alpha value is -1.52. The lowest BCUT2D eigenvalue weighted by Gasteiger charge is -2.18. The summed E-state index contributed by atoms with van der Waals surface area (Å²) in [5.74, 6) is -1.05. The maximum atomic E-state index is 11.2. The zero-order chi connectivity index (χ0) is 12.3. The number of nitrogens with one attached hydrogen (secondary N) is 1. The molecular weight excluding hydrogens is 210 g/mol. The molecule has 0 unspecified atom stereocenters. The zero-order valence-corrected chi connectivity index (χ0v) is 9.69. The second kappa shape index (κ2) is 4.55. The minimum Gasteiger partial charge on any atom is -0.481 e. The van der Waals surface area contributed by atoms with Gasteiger partial charge in [-0.05, 0) is 33.1 Å². The molecule has 5 nitrogen and oxygen atoms in total. The fourth-order valence-corrected chi connectivity index (χ4v) is 1.26. The van der Waals surface area contributed by atoms with Gasteiger partial charge in [0.25, 0.3) is 0 Å². The van der Waals surface area contributed by atoms with Gasteiger partial charge in [0.15, 0.2) is 0 Å². The summed E-state index contributed by atoms with van der Waals surface area (Å²) in [5, 5.41) is 11.1. The van der Waals surface area contributed by atoms with Gasteiger partial charge in [0, 0.05) is 6.20 Å². The van der Waals surface area contributed by atoms with Crippen LogP contribution in [-0.2, 0) is 9.53 Å². The van der Waals surface area contributed by atoms with Gasteiger partial charge in [-0.3, -0.25) is 10.1 Å². The Morgan fingerprint density at radius 3 is 2.50 bits per heavy atom. The van der Waals surface area contributed by atoms with Crippen LogP contribution in [-0.4, -0.2) is 22.8 Å². The second-order valence-electron chi connectivity index (χ2n) is 4.85. The van der Waals surface area contributed by atoms with Gasteiger partial charge in [-0.15, -0.1) is 0 Å². The molecule has 0 aromatic carbocycles. The molecule has 90 valence electrons. The first-order valence-electron chi connectivity index (χ1n) is 5.18. The van der Waals surface area contributed by atoms with Crippen molar-refractivity contribution < 1.29 is 19.4 Å². The van der Waals surface area contributed by atoms with Gasteiger partial charge in [0.1, 0.15) is 5.60 Å². The summed E-state index contributed by atoms with van der Waals surface area (Å²) >= 11 is 0. The van der Waals surface area contributed by atoms with Crippen molar-refractivity contribution in [1.82, 2.24) is 5.32 Å². The van der Waals surface area contributed by atoms with Crippen LogP contribution in [0.1, 0.15) is 27.2 Å². The van der Waals surface area contributed by atoms with E-state index < -0.39 is 17.7 Å². The number of alkyl carbamates (subject to hydrolysis) is 1. The monoisotopic (exact) mass is 227 g/mol. The predicted octanol–water partition coefficient (Wildman–Crippen LogP) is 1.75. The molecule has 0 aromatic heterocycles. The highest BCUT2D eigenvalue weighted by molar-refractivity contribution is 5.74. The number of ether oxygens (including phenoxy) is 1. The minimum atomic E-state index is -0.785. The predicted molar refractivity (Wildman–Crippen MR) is 57.7 cm³/mol. The van der Waals surface area contributed by atoms with Gasteiger partial charge in [-0.25, -0.2) is 4.79 Å². The number of carbonyl (C=O) groups excluding carboxylic acids is 1. The number of carboxylic acid groups (broad SMARTS) is 1. The number of allylic oxidation sites excluding steroid dienone is 1. The van der Waals surface area contributed by atoms with E-state index in [9.17, 15) is 9.59 Å². The molecule has 0 aliphatic heterocycles. The molecule has 1 fully saturated rings. The molecule has 5 heteroatoms. The fraction of sp³-hybridized carbons (Fsp3) is 0.636. The van der Waals surface area contributed by atoms with Crippen molar-refractivity contribution in [2.75, 3.05) is 0 Å². The average molecular weight is 227 g/mol. The van der Waals surface area contributed by atoms with Crippen molar-refractivity contribution in [2.45, 2.75) is 32.8 Å². The molecule has 1 rings (SSSR count). The Labute approximate surface area is 94.5 Å². The molecule has 1 aliphatic rings. The molecule has 0 radical (unpaired) electrons. The largest absolute Gasteiger partial charge is 0.481 e. The standard InChI is InChI=1S/C11H17NO4/c1-11(2,3)16-10(15)12-5-4-7-6-8(7)9(13)14/h4-5,7-8H,6H2,1-3H3,(H,12,15)(H,13,14)/t7-,8+/m1/s1. The molecule has 1 amide bonds. The van der Waals surface area contributed by atoms with Crippen LogP contribution in [0.25, 0.3) is 0 Å². The Balaban J connectivity index is 2.23. The van der Waals surface area contributed by atoms with Crippen molar-refractivity contribution >= 4 is 12.1 Å². The fourth-order valence-electron chi connectivity index (χ4n) is 1.26. The maximum Gasteiger partial charge on any atom is 0.411 e. The van der Waals surface area contributed by atoms with E-state index in [1.165, 1.54) is 6.20 Å². The highest BCUT2D eigenvalue weighted by atomic mass is 16.6. The number of amides is 1. The third-order valence-electron chi connectivity index (χ3n) is 2.10. The van der Waals surface area contributed by atoms with Crippen molar-refractivity contribution in [3.8, 4) is 0 Å². The van der Waals surface area contributed by atoms with Gasteiger partial charge in [0.2, 0.25) is 0 Å². The number of carboxylic acids is 1. The Bertz CT molecular complexity index is 316. The lowest BCUT2D eigenvalue weighted by atomic mass is 10.2. The average Bonchev–Trinajstić information content (AvgIpc) is 2.80. The molecule has 0 bridgehead atoms. The molecule has 0 heterocycles. The maximum absolute atomic E-state index is 11.2. The Kier molecular flexibility index (Phi) is 3.57. The van der Waals surface area contributed by atoms with E-state index in [0.29, 0.717) is 6.42 Å². The SMILES string of the molecule is CC(C)(C)OC(=O)NC=C[C@@H]1C[C@@H]1C(=O)O. The van der Waals surface area contributed by atoms with Crippen LogP contribution in [0.4, 0.5) is 4.79 Å². The van der Waals surface area contributed by atoms with E-state index in [0.717, 1.165) is 0 Å². The lowest BCUT2D eigenvalue weighted by Crippen LogP contribution is -2.29. The second-order valence-corrected chi connectivity index (χ2v) is 4.85. The van der Waals surface area contributed by atoms with Crippen LogP contribution < -0.4 is 5.32 Å². The van der Waals surface area contributed by atoms with Crippen molar-refractivity contribution in [1.29, 1.82) is 0 Å². The van der Waals surface area contributed by atoms with Crippen LogP contribution in [0.5, 0.6) is 0 Å². The summed E-state index contributed by atoms with van der Waals surface area (Å²) < 4.78 is 5.00. The summed E-state index contributed by atoms with van der Waals surface area (Å²) in [6, 6.07) is 0. The first-order valence-corrected chi connectivity index (χ1v) is 5.18. The summed E-state index contributed by atoms with van der Waals surface area (Å²) in [4.78, 5) is 21.7. The van der Waals surface area contributed by atoms with Gasteiger partial charge in [-0.1, -0.05) is 6.08 Å². The van der Waals surface area contributed by atoms with E-state index in [1.807, 2.05) is 0 Å². The molecule has 0 saturated heterocycles. The number of hydrogen-bond acceptors (Lipinski definition) is 3. The van der Waals surface area contributed by atoms with Crippen LogP contribution >= 0.6 is 0 Å². The van der Waals surface area contributed by atoms with E-state index in [-0.39, 0.29) is 11.8 Å².